The summed E-state index contributed by atoms with van der Waals surface area (Å²) < 4.78 is 6.93. The van der Waals surface area contributed by atoms with Crippen molar-refractivity contribution in [2.45, 2.75) is 20.4 Å². The molecule has 0 fully saturated rings. The van der Waals surface area contributed by atoms with Gasteiger partial charge in [0.2, 0.25) is 0 Å². The molecular formula is C10H16N2O3. The van der Waals surface area contributed by atoms with Gasteiger partial charge in [-0.3, -0.25) is 4.68 Å². The number of nitrogens with zero attached hydrogens (tertiary/aromatic N) is 2. The first-order valence-electron chi connectivity index (χ1n) is 4.93. The second kappa shape index (κ2) is 5.50. The lowest BCUT2D eigenvalue weighted by atomic mass is 10.2. The Kier molecular flexibility index (Phi) is 4.30. The van der Waals surface area contributed by atoms with Crippen molar-refractivity contribution >= 4 is 5.97 Å². The Hall–Kier alpha value is -1.36. The van der Waals surface area contributed by atoms with Gasteiger partial charge in [-0.1, -0.05) is 13.8 Å². The lowest BCUT2D eigenvalue weighted by molar-refractivity contribution is 0.0696. The van der Waals surface area contributed by atoms with E-state index in [9.17, 15) is 4.79 Å². The fourth-order valence-electron chi connectivity index (χ4n) is 1.07. The van der Waals surface area contributed by atoms with Crippen LogP contribution in [0.5, 0.6) is 0 Å². The minimum Gasteiger partial charge on any atom is -0.478 e. The third kappa shape index (κ3) is 4.12. The van der Waals surface area contributed by atoms with Gasteiger partial charge in [0.1, 0.15) is 0 Å². The van der Waals surface area contributed by atoms with Gasteiger partial charge in [0.05, 0.1) is 24.9 Å². The molecule has 5 nitrogen and oxygen atoms in total. The minimum atomic E-state index is -0.954. The van der Waals surface area contributed by atoms with Crippen LogP contribution >= 0.6 is 0 Å². The molecule has 0 aliphatic heterocycles. The van der Waals surface area contributed by atoms with Crippen molar-refractivity contribution in [3.05, 3.63) is 18.0 Å². The fourth-order valence-corrected chi connectivity index (χ4v) is 1.07. The maximum absolute atomic E-state index is 10.5. The number of carboxylic acid groups (broad SMARTS) is 1. The average molecular weight is 212 g/mol. The van der Waals surface area contributed by atoms with Crippen LogP contribution in [0.25, 0.3) is 0 Å². The van der Waals surface area contributed by atoms with E-state index < -0.39 is 5.97 Å². The van der Waals surface area contributed by atoms with Crippen molar-refractivity contribution in [3.63, 3.8) is 0 Å². The van der Waals surface area contributed by atoms with Crippen molar-refractivity contribution in [2.24, 2.45) is 5.92 Å². The third-order valence-electron chi connectivity index (χ3n) is 1.80. The Morgan fingerprint density at radius 2 is 2.40 bits per heavy atom. The van der Waals surface area contributed by atoms with Crippen molar-refractivity contribution in [3.8, 4) is 0 Å². The van der Waals surface area contributed by atoms with E-state index in [2.05, 4.69) is 18.9 Å². The number of carbonyl (C=O) groups is 1. The predicted octanol–water partition coefficient (Wildman–Crippen LogP) is 1.25. The van der Waals surface area contributed by atoms with Crippen LogP contribution in [0, 0.1) is 5.92 Å². The Labute approximate surface area is 88.7 Å². The molecule has 0 radical (unpaired) electrons. The first-order chi connectivity index (χ1) is 7.09. The number of ether oxygens (including phenoxy) is 1. The maximum Gasteiger partial charge on any atom is 0.338 e. The lowest BCUT2D eigenvalue weighted by Crippen LogP contribution is -2.09. The van der Waals surface area contributed by atoms with Crippen LogP contribution in [-0.4, -0.2) is 34.1 Å². The van der Waals surface area contributed by atoms with Gasteiger partial charge in [-0.05, 0) is 5.92 Å². The van der Waals surface area contributed by atoms with Gasteiger partial charge in [-0.25, -0.2) is 4.79 Å². The van der Waals surface area contributed by atoms with Crippen LogP contribution in [0.15, 0.2) is 12.4 Å². The summed E-state index contributed by atoms with van der Waals surface area (Å²) >= 11 is 0. The predicted molar refractivity (Wildman–Crippen MR) is 54.8 cm³/mol. The van der Waals surface area contributed by atoms with Crippen LogP contribution in [-0.2, 0) is 11.3 Å². The van der Waals surface area contributed by atoms with E-state index in [1.165, 1.54) is 12.4 Å². The molecule has 0 aliphatic carbocycles. The molecular weight excluding hydrogens is 196 g/mol. The second-order valence-corrected chi connectivity index (χ2v) is 3.77. The highest BCUT2D eigenvalue weighted by molar-refractivity contribution is 5.86. The fraction of sp³-hybridized carbons (Fsp3) is 0.600. The summed E-state index contributed by atoms with van der Waals surface area (Å²) in [5, 5.41) is 12.6. The molecule has 0 saturated heterocycles. The Balaban J connectivity index is 2.29. The molecule has 84 valence electrons. The quantitative estimate of drug-likeness (QED) is 0.721. The molecule has 0 aliphatic rings. The first kappa shape index (κ1) is 11.7. The average Bonchev–Trinajstić information content (AvgIpc) is 2.60. The topological polar surface area (TPSA) is 64.3 Å². The van der Waals surface area contributed by atoms with Crippen molar-refractivity contribution in [2.75, 3.05) is 13.2 Å². The first-order valence-corrected chi connectivity index (χ1v) is 4.93. The second-order valence-electron chi connectivity index (χ2n) is 3.77. The monoisotopic (exact) mass is 212 g/mol. The van der Waals surface area contributed by atoms with Crippen LogP contribution in [0.4, 0.5) is 0 Å². The summed E-state index contributed by atoms with van der Waals surface area (Å²) in [6, 6.07) is 0. The number of aromatic carboxylic acids is 1. The number of carboxylic acids is 1. The molecule has 15 heavy (non-hydrogen) atoms. The Bertz CT molecular complexity index is 320. The normalized spacial score (nSPS) is 10.9. The SMILES string of the molecule is CC(C)COCCn1cc(C(=O)O)cn1. The minimum absolute atomic E-state index is 0.207. The largest absolute Gasteiger partial charge is 0.478 e. The summed E-state index contributed by atoms with van der Waals surface area (Å²) in [6.07, 6.45) is 2.84. The van der Waals surface area contributed by atoms with E-state index in [1.807, 2.05) is 0 Å². The summed E-state index contributed by atoms with van der Waals surface area (Å²) in [5.41, 5.74) is 0.207. The van der Waals surface area contributed by atoms with Gasteiger partial charge in [-0.2, -0.15) is 5.10 Å². The van der Waals surface area contributed by atoms with Gasteiger partial charge < -0.3 is 9.84 Å². The van der Waals surface area contributed by atoms with Gasteiger partial charge in [0.15, 0.2) is 0 Å². The smallest absolute Gasteiger partial charge is 0.338 e. The Morgan fingerprint density at radius 1 is 1.67 bits per heavy atom. The highest BCUT2D eigenvalue weighted by Crippen LogP contribution is 1.98. The van der Waals surface area contributed by atoms with Gasteiger partial charge in [0, 0.05) is 12.8 Å². The zero-order valence-corrected chi connectivity index (χ0v) is 9.01. The highest BCUT2D eigenvalue weighted by Gasteiger charge is 2.05. The van der Waals surface area contributed by atoms with Crippen molar-refractivity contribution < 1.29 is 14.6 Å². The van der Waals surface area contributed by atoms with E-state index in [0.29, 0.717) is 25.7 Å². The summed E-state index contributed by atoms with van der Waals surface area (Å²) in [5.74, 6) is -0.443. The summed E-state index contributed by atoms with van der Waals surface area (Å²) in [7, 11) is 0. The lowest BCUT2D eigenvalue weighted by Gasteiger charge is -2.06. The number of hydrogen-bond donors (Lipinski definition) is 1. The maximum atomic E-state index is 10.5. The number of rotatable bonds is 6. The van der Waals surface area contributed by atoms with E-state index >= 15 is 0 Å². The van der Waals surface area contributed by atoms with Crippen LogP contribution in [0.1, 0.15) is 24.2 Å². The molecule has 5 heteroatoms. The molecule has 0 amide bonds. The van der Waals surface area contributed by atoms with E-state index in [4.69, 9.17) is 9.84 Å². The molecule has 0 bridgehead atoms. The molecule has 0 unspecified atom stereocenters. The van der Waals surface area contributed by atoms with Gasteiger partial charge >= 0.3 is 5.97 Å². The molecule has 0 aromatic carbocycles. The van der Waals surface area contributed by atoms with Crippen LogP contribution in [0.3, 0.4) is 0 Å². The molecule has 1 aromatic heterocycles. The summed E-state index contributed by atoms with van der Waals surface area (Å²) in [6.45, 7) is 6.01. The van der Waals surface area contributed by atoms with E-state index in [-0.39, 0.29) is 5.56 Å². The molecule has 1 N–H and O–H groups in total. The molecule has 0 saturated carbocycles. The van der Waals surface area contributed by atoms with Crippen LogP contribution < -0.4 is 0 Å². The highest BCUT2D eigenvalue weighted by atomic mass is 16.5. The third-order valence-corrected chi connectivity index (χ3v) is 1.80. The zero-order valence-electron chi connectivity index (χ0n) is 9.01. The van der Waals surface area contributed by atoms with Crippen LogP contribution in [0.2, 0.25) is 0 Å². The Morgan fingerprint density at radius 3 is 2.93 bits per heavy atom. The molecule has 0 spiro atoms. The van der Waals surface area contributed by atoms with Crippen molar-refractivity contribution in [1.82, 2.24) is 9.78 Å². The van der Waals surface area contributed by atoms with E-state index in [0.717, 1.165) is 0 Å². The van der Waals surface area contributed by atoms with Gasteiger partial charge in [0.25, 0.3) is 0 Å². The molecule has 1 heterocycles. The van der Waals surface area contributed by atoms with Gasteiger partial charge in [-0.15, -0.1) is 0 Å². The number of hydrogen-bond acceptors (Lipinski definition) is 3. The van der Waals surface area contributed by atoms with Crippen molar-refractivity contribution in [1.29, 1.82) is 0 Å². The zero-order chi connectivity index (χ0) is 11.3. The molecule has 1 rings (SSSR count). The standard InChI is InChI=1S/C10H16N2O3/c1-8(2)7-15-4-3-12-6-9(5-11-12)10(13)14/h5-6,8H,3-4,7H2,1-2H3,(H,13,14). The van der Waals surface area contributed by atoms with E-state index in [1.54, 1.807) is 4.68 Å². The molecule has 0 atom stereocenters. The summed E-state index contributed by atoms with van der Waals surface area (Å²) in [4.78, 5) is 10.5. The number of aromatic nitrogens is 2. The molecule has 1 aromatic rings.